The van der Waals surface area contributed by atoms with Crippen molar-refractivity contribution in [3.63, 3.8) is 0 Å². The summed E-state index contributed by atoms with van der Waals surface area (Å²) in [6.45, 7) is 5.89. The second-order valence-electron chi connectivity index (χ2n) is 7.37. The molecule has 0 aliphatic rings. The number of rotatable bonds is 5. The van der Waals surface area contributed by atoms with Crippen molar-refractivity contribution in [2.24, 2.45) is 0 Å². The van der Waals surface area contributed by atoms with Gasteiger partial charge in [0.1, 0.15) is 0 Å². The van der Waals surface area contributed by atoms with Gasteiger partial charge in [0.05, 0.1) is 18.4 Å². The Hall–Kier alpha value is -3.15. The lowest BCUT2D eigenvalue weighted by atomic mass is 9.86. The second kappa shape index (κ2) is 8.69. The van der Waals surface area contributed by atoms with Crippen LogP contribution in [-0.4, -0.2) is 38.6 Å². The number of carbonyl (C=O) groups excluding carboxylic acids is 3. The van der Waals surface area contributed by atoms with Crippen LogP contribution in [0.1, 0.15) is 47.1 Å². The number of ether oxygens (including phenoxy) is 2. The smallest absolute Gasteiger partial charge is 0.413 e. The average Bonchev–Trinajstić information content (AvgIpc) is 2.70. The number of hydrogen-bond acceptors (Lipinski definition) is 5. The number of Topliss-reactive ketones (excluding diaryl/α,β-unsaturated/α-hetero) is 1. The minimum Gasteiger partial charge on any atom is -0.454 e. The molecule has 0 unspecified atom stereocenters. The molecule has 2 aromatic rings. The first-order chi connectivity index (χ1) is 13.1. The van der Waals surface area contributed by atoms with E-state index in [-0.39, 0.29) is 23.4 Å². The van der Waals surface area contributed by atoms with E-state index in [1.165, 1.54) is 25.1 Å². The Labute approximate surface area is 165 Å². The number of anilines is 1. The summed E-state index contributed by atoms with van der Waals surface area (Å²) < 4.78 is 9.85. The number of para-hydroxylation sites is 1. The molecule has 6 nitrogen and oxygen atoms in total. The molecule has 0 saturated carbocycles. The molecule has 0 heterocycles. The van der Waals surface area contributed by atoms with Crippen molar-refractivity contribution in [2.75, 3.05) is 25.7 Å². The van der Waals surface area contributed by atoms with E-state index in [1.807, 2.05) is 12.1 Å². The summed E-state index contributed by atoms with van der Waals surface area (Å²) in [6.07, 6.45) is -0.615. The average molecular weight is 383 g/mol. The van der Waals surface area contributed by atoms with Crippen molar-refractivity contribution >= 4 is 23.5 Å². The lowest BCUT2D eigenvalue weighted by molar-refractivity contribution is 0.0475. The predicted octanol–water partition coefficient (Wildman–Crippen LogP) is 4.23. The van der Waals surface area contributed by atoms with Gasteiger partial charge in [-0.2, -0.15) is 0 Å². The molecule has 0 aliphatic heterocycles. The number of methoxy groups -OCH3 is 1. The third kappa shape index (κ3) is 4.97. The maximum absolute atomic E-state index is 12.4. The minimum atomic E-state index is -0.689. The van der Waals surface area contributed by atoms with Crippen LogP contribution in [0.15, 0.2) is 48.5 Å². The summed E-state index contributed by atoms with van der Waals surface area (Å²) in [5.41, 5.74) is 2.08. The van der Waals surface area contributed by atoms with E-state index in [1.54, 1.807) is 30.3 Å². The van der Waals surface area contributed by atoms with E-state index < -0.39 is 12.1 Å². The molecule has 0 aliphatic carbocycles. The van der Waals surface area contributed by atoms with Crippen LogP contribution in [0.25, 0.3) is 0 Å². The summed E-state index contributed by atoms with van der Waals surface area (Å²) in [5, 5.41) is 0. The Bertz CT molecular complexity index is 865. The van der Waals surface area contributed by atoms with E-state index >= 15 is 0 Å². The summed E-state index contributed by atoms with van der Waals surface area (Å²) in [7, 11) is 2.74. The topological polar surface area (TPSA) is 72.9 Å². The summed E-state index contributed by atoms with van der Waals surface area (Å²) >= 11 is 0. The highest BCUT2D eigenvalue weighted by Crippen LogP contribution is 2.23. The van der Waals surface area contributed by atoms with E-state index in [2.05, 4.69) is 25.5 Å². The van der Waals surface area contributed by atoms with Crippen LogP contribution < -0.4 is 4.90 Å². The largest absolute Gasteiger partial charge is 0.454 e. The molecule has 148 valence electrons. The molecule has 0 radical (unpaired) electrons. The van der Waals surface area contributed by atoms with E-state index in [0.29, 0.717) is 11.3 Å². The molecule has 1 amide bonds. The molecule has 0 atom stereocenters. The van der Waals surface area contributed by atoms with Gasteiger partial charge in [-0.15, -0.1) is 0 Å². The van der Waals surface area contributed by atoms with E-state index in [0.717, 1.165) is 5.56 Å². The third-order valence-electron chi connectivity index (χ3n) is 4.34. The van der Waals surface area contributed by atoms with Crippen molar-refractivity contribution in [1.82, 2.24) is 0 Å². The first kappa shape index (κ1) is 21.2. The van der Waals surface area contributed by atoms with Crippen LogP contribution in [0.4, 0.5) is 10.5 Å². The van der Waals surface area contributed by atoms with Gasteiger partial charge in [0.25, 0.3) is 0 Å². The fourth-order valence-corrected chi connectivity index (χ4v) is 2.62. The highest BCUT2D eigenvalue weighted by atomic mass is 16.5. The van der Waals surface area contributed by atoms with Gasteiger partial charge in [-0.1, -0.05) is 57.2 Å². The highest BCUT2D eigenvalue weighted by molar-refractivity contribution is 6.03. The van der Waals surface area contributed by atoms with Crippen molar-refractivity contribution < 1.29 is 23.9 Å². The first-order valence-electron chi connectivity index (χ1n) is 8.86. The lowest BCUT2D eigenvalue weighted by Gasteiger charge is -2.19. The Kier molecular flexibility index (Phi) is 6.57. The minimum absolute atomic E-state index is 0.0105. The van der Waals surface area contributed by atoms with Crippen LogP contribution in [0.5, 0.6) is 0 Å². The zero-order chi connectivity index (χ0) is 20.9. The first-order valence-corrected chi connectivity index (χ1v) is 8.86. The van der Waals surface area contributed by atoms with Gasteiger partial charge in [0.15, 0.2) is 12.4 Å². The zero-order valence-corrected chi connectivity index (χ0v) is 16.8. The van der Waals surface area contributed by atoms with E-state index in [9.17, 15) is 14.4 Å². The summed E-state index contributed by atoms with van der Waals surface area (Å²) in [4.78, 5) is 37.7. The van der Waals surface area contributed by atoms with Gasteiger partial charge in [-0.3, -0.25) is 9.69 Å². The van der Waals surface area contributed by atoms with E-state index in [4.69, 9.17) is 4.74 Å². The molecule has 0 saturated heterocycles. The predicted molar refractivity (Wildman–Crippen MR) is 107 cm³/mol. The number of ketones is 1. The molecular weight excluding hydrogens is 358 g/mol. The van der Waals surface area contributed by atoms with Gasteiger partial charge in [0.2, 0.25) is 0 Å². The highest BCUT2D eigenvalue weighted by Gasteiger charge is 2.21. The number of esters is 1. The number of hydrogen-bond donors (Lipinski definition) is 0. The van der Waals surface area contributed by atoms with Crippen LogP contribution in [0, 0.1) is 0 Å². The van der Waals surface area contributed by atoms with Gasteiger partial charge in [0, 0.05) is 12.6 Å². The molecule has 6 heteroatoms. The van der Waals surface area contributed by atoms with Crippen LogP contribution in [0.2, 0.25) is 0 Å². The summed E-state index contributed by atoms with van der Waals surface area (Å²) in [5.74, 6) is -0.987. The van der Waals surface area contributed by atoms with Crippen molar-refractivity contribution in [1.29, 1.82) is 0 Å². The fourth-order valence-electron chi connectivity index (χ4n) is 2.62. The third-order valence-corrected chi connectivity index (χ3v) is 4.34. The van der Waals surface area contributed by atoms with Crippen LogP contribution >= 0.6 is 0 Å². The molecular formula is C22H25NO5. The second-order valence-corrected chi connectivity index (χ2v) is 7.37. The van der Waals surface area contributed by atoms with Gasteiger partial charge in [-0.05, 0) is 23.1 Å². The standard InChI is InChI=1S/C22H25NO5/c1-22(2,3)16-12-10-15(11-13-16)19(24)14-28-20(25)17-8-6-7-9-18(17)23(4)21(26)27-5/h6-13H,14H2,1-5H3. The molecule has 2 aromatic carbocycles. The van der Waals surface area contributed by atoms with Crippen LogP contribution in [-0.2, 0) is 14.9 Å². The van der Waals surface area contributed by atoms with Gasteiger partial charge in [-0.25, -0.2) is 9.59 Å². The van der Waals surface area contributed by atoms with Crippen molar-refractivity contribution in [3.8, 4) is 0 Å². The zero-order valence-electron chi connectivity index (χ0n) is 16.8. The Morgan fingerprint density at radius 3 is 2.14 bits per heavy atom. The van der Waals surface area contributed by atoms with Crippen molar-refractivity contribution in [2.45, 2.75) is 26.2 Å². The molecule has 2 rings (SSSR count). The lowest BCUT2D eigenvalue weighted by Crippen LogP contribution is -2.28. The number of carbonyl (C=O) groups is 3. The fraction of sp³-hybridized carbons (Fsp3) is 0.318. The summed E-state index contributed by atoms with van der Waals surface area (Å²) in [6, 6.07) is 13.7. The molecule has 0 aromatic heterocycles. The Balaban J connectivity index is 2.08. The van der Waals surface area contributed by atoms with Crippen LogP contribution in [0.3, 0.4) is 0 Å². The van der Waals surface area contributed by atoms with Gasteiger partial charge >= 0.3 is 12.1 Å². The monoisotopic (exact) mass is 383 g/mol. The quantitative estimate of drug-likeness (QED) is 0.571. The molecule has 0 bridgehead atoms. The molecule has 0 fully saturated rings. The van der Waals surface area contributed by atoms with Gasteiger partial charge < -0.3 is 9.47 Å². The Morgan fingerprint density at radius 2 is 1.57 bits per heavy atom. The SMILES string of the molecule is COC(=O)N(C)c1ccccc1C(=O)OCC(=O)c1ccc(C(C)(C)C)cc1. The maximum atomic E-state index is 12.4. The Morgan fingerprint density at radius 1 is 0.964 bits per heavy atom. The molecule has 0 N–H and O–H groups in total. The number of benzene rings is 2. The molecule has 28 heavy (non-hydrogen) atoms. The van der Waals surface area contributed by atoms with Crippen molar-refractivity contribution in [3.05, 3.63) is 65.2 Å². The number of amides is 1. The normalized spacial score (nSPS) is 10.9. The number of nitrogens with zero attached hydrogens (tertiary/aromatic N) is 1. The molecule has 0 spiro atoms. The maximum Gasteiger partial charge on any atom is 0.413 e.